The minimum absolute atomic E-state index is 0.0379. The number of hydrogen-bond donors (Lipinski definition) is 3. The first-order valence-electron chi connectivity index (χ1n) is 10.3. The Balaban J connectivity index is 1.43. The number of carbonyl (C=O) groups is 2. The molecule has 0 spiro atoms. The van der Waals surface area contributed by atoms with Gasteiger partial charge in [-0.2, -0.15) is 13.2 Å². The van der Waals surface area contributed by atoms with Gasteiger partial charge in [0.1, 0.15) is 10.3 Å². The largest absolute Gasteiger partial charge is 0.416 e. The summed E-state index contributed by atoms with van der Waals surface area (Å²) < 4.78 is 38.8. The molecule has 1 saturated heterocycles. The lowest BCUT2D eigenvalue weighted by molar-refractivity contribution is -0.137. The van der Waals surface area contributed by atoms with Crippen LogP contribution in [0.15, 0.2) is 41.6 Å². The Morgan fingerprint density at radius 3 is 2.69 bits per heavy atom. The molecule has 1 aromatic heterocycles. The van der Waals surface area contributed by atoms with E-state index in [4.69, 9.17) is 0 Å². The molecule has 3 amide bonds. The normalized spacial score (nSPS) is 24.7. The van der Waals surface area contributed by atoms with Gasteiger partial charge >= 0.3 is 12.2 Å². The minimum Gasteiger partial charge on any atom is -0.351 e. The first kappa shape index (κ1) is 21.1. The summed E-state index contributed by atoms with van der Waals surface area (Å²) in [6.07, 6.45) is -1.04. The van der Waals surface area contributed by atoms with Crippen molar-refractivity contribution in [3.05, 3.63) is 47.7 Å². The molecule has 0 bridgehead atoms. The van der Waals surface area contributed by atoms with E-state index in [0.717, 1.165) is 31.5 Å². The van der Waals surface area contributed by atoms with E-state index >= 15 is 0 Å². The molecule has 168 valence electrons. The topological polar surface area (TPSA) is 86.4 Å². The maximum Gasteiger partial charge on any atom is 0.416 e. The van der Waals surface area contributed by atoms with E-state index < -0.39 is 29.1 Å². The lowest BCUT2D eigenvalue weighted by atomic mass is 9.99. The van der Waals surface area contributed by atoms with Crippen molar-refractivity contribution in [2.45, 2.75) is 41.4 Å². The molecule has 5 rings (SSSR count). The number of piperidine rings is 1. The fraction of sp³-hybridized carbons (Fsp3) is 0.381. The van der Waals surface area contributed by atoms with Gasteiger partial charge in [0.2, 0.25) is 5.91 Å². The van der Waals surface area contributed by atoms with E-state index in [9.17, 15) is 22.8 Å². The fourth-order valence-electron chi connectivity index (χ4n) is 4.34. The third kappa shape index (κ3) is 3.69. The molecule has 1 aromatic carbocycles. The van der Waals surface area contributed by atoms with Gasteiger partial charge in [-0.25, -0.2) is 9.78 Å². The van der Waals surface area contributed by atoms with Gasteiger partial charge < -0.3 is 16.0 Å². The molecule has 0 saturated carbocycles. The van der Waals surface area contributed by atoms with Crippen LogP contribution in [0.5, 0.6) is 0 Å². The van der Waals surface area contributed by atoms with Crippen LogP contribution in [-0.4, -0.2) is 41.3 Å². The van der Waals surface area contributed by atoms with E-state index in [-0.39, 0.29) is 11.9 Å². The summed E-state index contributed by atoms with van der Waals surface area (Å²) in [5.41, 5.74) is 0.735. The van der Waals surface area contributed by atoms with Crippen LogP contribution in [-0.2, 0) is 11.0 Å². The van der Waals surface area contributed by atoms with Gasteiger partial charge in [-0.05, 0) is 49.7 Å². The van der Waals surface area contributed by atoms with Crippen molar-refractivity contribution in [3.8, 4) is 0 Å². The highest BCUT2D eigenvalue weighted by atomic mass is 32.2. The molecular weight excluding hydrogens is 443 g/mol. The maximum absolute atomic E-state index is 13.0. The number of halogens is 3. The third-order valence-electron chi connectivity index (χ3n) is 5.86. The van der Waals surface area contributed by atoms with Crippen LogP contribution >= 0.6 is 11.8 Å². The summed E-state index contributed by atoms with van der Waals surface area (Å²) in [5, 5.41) is 9.24. The van der Waals surface area contributed by atoms with Crippen molar-refractivity contribution in [3.63, 3.8) is 0 Å². The van der Waals surface area contributed by atoms with Gasteiger partial charge in [0.25, 0.3) is 0 Å². The monoisotopic (exact) mass is 463 g/mol. The summed E-state index contributed by atoms with van der Waals surface area (Å²) in [5.74, 6) is -0.166. The van der Waals surface area contributed by atoms with Gasteiger partial charge in [0.05, 0.1) is 23.0 Å². The van der Waals surface area contributed by atoms with E-state index in [1.807, 2.05) is 0 Å². The van der Waals surface area contributed by atoms with Crippen LogP contribution in [0.3, 0.4) is 0 Å². The summed E-state index contributed by atoms with van der Waals surface area (Å²) in [6, 6.07) is 5.03. The van der Waals surface area contributed by atoms with E-state index in [2.05, 4.69) is 20.9 Å². The van der Waals surface area contributed by atoms with Crippen molar-refractivity contribution in [2.75, 3.05) is 18.0 Å². The Bertz CT molecular complexity index is 1060. The van der Waals surface area contributed by atoms with Crippen LogP contribution in [0.1, 0.15) is 30.0 Å². The van der Waals surface area contributed by atoms with Gasteiger partial charge in [0.15, 0.2) is 0 Å². The minimum atomic E-state index is -4.46. The zero-order valence-corrected chi connectivity index (χ0v) is 17.6. The number of anilines is 2. The molecule has 3 aliphatic heterocycles. The zero-order chi connectivity index (χ0) is 22.5. The van der Waals surface area contributed by atoms with E-state index in [1.54, 1.807) is 12.3 Å². The summed E-state index contributed by atoms with van der Waals surface area (Å²) in [6.45, 7) is 1.64. The molecule has 4 heterocycles. The number of alkyl halides is 3. The number of aromatic nitrogens is 1. The second-order valence-electron chi connectivity index (χ2n) is 7.95. The number of thioether (sulfide) groups is 1. The lowest BCUT2D eigenvalue weighted by Crippen LogP contribution is -2.52. The van der Waals surface area contributed by atoms with Gasteiger partial charge in [-0.3, -0.25) is 9.69 Å². The van der Waals surface area contributed by atoms with E-state index in [1.165, 1.54) is 28.8 Å². The standard InChI is InChI=1S/C21H20F3N5O2S/c22-21(23,24)11-3-5-13(6-4-11)29-14-7-9-26-19-15(14)16(28-20(29)31)17(32-19)18(30)27-12-2-1-8-25-10-12/h3-7,9,12,16-17,25H,1-2,8,10H2,(H,27,30)(H,28,31)/t12?,16?,17-/m1/s1. The molecule has 32 heavy (non-hydrogen) atoms. The lowest BCUT2D eigenvalue weighted by Gasteiger charge is -2.34. The Kier molecular flexibility index (Phi) is 5.25. The number of nitrogens with one attached hydrogen (secondary N) is 3. The Labute approximate surface area is 186 Å². The molecule has 3 N–H and O–H groups in total. The summed E-state index contributed by atoms with van der Waals surface area (Å²) >= 11 is 1.29. The van der Waals surface area contributed by atoms with Crippen molar-refractivity contribution in [2.24, 2.45) is 0 Å². The van der Waals surface area contributed by atoms with Crippen LogP contribution in [0.4, 0.5) is 29.3 Å². The number of pyridine rings is 1. The summed E-state index contributed by atoms with van der Waals surface area (Å²) in [7, 11) is 0. The first-order valence-corrected chi connectivity index (χ1v) is 11.2. The maximum atomic E-state index is 13.0. The number of urea groups is 1. The van der Waals surface area contributed by atoms with Crippen LogP contribution < -0.4 is 20.9 Å². The average molecular weight is 463 g/mol. The van der Waals surface area contributed by atoms with E-state index in [0.29, 0.717) is 28.5 Å². The molecule has 7 nitrogen and oxygen atoms in total. The Morgan fingerprint density at radius 2 is 2.00 bits per heavy atom. The molecule has 11 heteroatoms. The number of rotatable bonds is 3. The molecule has 1 fully saturated rings. The smallest absolute Gasteiger partial charge is 0.351 e. The SMILES string of the molecule is O=C(NC1CCCNC1)[C@@H]1Sc2nccc3c2C1NC(=O)N3c1ccc(C(F)(F)F)cc1. The van der Waals surface area contributed by atoms with Crippen LogP contribution in [0.25, 0.3) is 0 Å². The van der Waals surface area contributed by atoms with Crippen molar-refractivity contribution < 1.29 is 22.8 Å². The molecular formula is C21H20F3N5O2S. The highest BCUT2D eigenvalue weighted by molar-refractivity contribution is 8.01. The molecule has 0 radical (unpaired) electrons. The molecule has 3 aliphatic rings. The van der Waals surface area contributed by atoms with Gasteiger partial charge in [-0.1, -0.05) is 11.8 Å². The second kappa shape index (κ2) is 7.96. The second-order valence-corrected chi connectivity index (χ2v) is 9.08. The predicted molar refractivity (Wildman–Crippen MR) is 113 cm³/mol. The van der Waals surface area contributed by atoms with Crippen molar-refractivity contribution in [1.29, 1.82) is 0 Å². The van der Waals surface area contributed by atoms with Gasteiger partial charge in [0, 0.05) is 24.3 Å². The van der Waals surface area contributed by atoms with Gasteiger partial charge in [-0.15, -0.1) is 0 Å². The highest BCUT2D eigenvalue weighted by Crippen LogP contribution is 2.50. The number of carbonyl (C=O) groups excluding carboxylic acids is 2. The predicted octanol–water partition coefficient (Wildman–Crippen LogP) is 3.35. The first-order chi connectivity index (χ1) is 15.3. The fourth-order valence-corrected chi connectivity index (χ4v) is 5.58. The zero-order valence-electron chi connectivity index (χ0n) is 16.8. The van der Waals surface area contributed by atoms with Crippen LogP contribution in [0.2, 0.25) is 0 Å². The summed E-state index contributed by atoms with van der Waals surface area (Å²) in [4.78, 5) is 31.7. The van der Waals surface area contributed by atoms with Crippen molar-refractivity contribution >= 4 is 35.1 Å². The molecule has 3 atom stereocenters. The Hall–Kier alpha value is -2.79. The molecule has 0 aliphatic carbocycles. The highest BCUT2D eigenvalue weighted by Gasteiger charge is 2.47. The van der Waals surface area contributed by atoms with Crippen molar-refractivity contribution in [1.82, 2.24) is 20.9 Å². The number of benzene rings is 1. The number of amides is 3. The number of nitrogens with zero attached hydrogens (tertiary/aromatic N) is 2. The average Bonchev–Trinajstić information content (AvgIpc) is 3.14. The Morgan fingerprint density at radius 1 is 1.22 bits per heavy atom. The number of hydrogen-bond acceptors (Lipinski definition) is 5. The van der Waals surface area contributed by atoms with Crippen LogP contribution in [0, 0.1) is 0 Å². The molecule has 2 aromatic rings. The molecule has 2 unspecified atom stereocenters. The quantitative estimate of drug-likeness (QED) is 0.650. The third-order valence-corrected chi connectivity index (χ3v) is 7.15.